The van der Waals surface area contributed by atoms with Crippen molar-refractivity contribution in [1.29, 1.82) is 0 Å². The number of anilines is 1. The molecule has 2 aromatic carbocycles. The maximum absolute atomic E-state index is 13.5. The second-order valence-electron chi connectivity index (χ2n) is 9.36. The van der Waals surface area contributed by atoms with Gasteiger partial charge in [-0.05, 0) is 92.0 Å². The number of carbonyl (C=O) groups excluding carboxylic acids is 3. The zero-order chi connectivity index (χ0) is 27.0. The number of ether oxygens (including phenoxy) is 1. The van der Waals surface area contributed by atoms with Crippen LogP contribution in [0.3, 0.4) is 0 Å². The molecule has 190 valence electrons. The van der Waals surface area contributed by atoms with E-state index in [0.29, 0.717) is 22.7 Å². The van der Waals surface area contributed by atoms with Crippen LogP contribution >= 0.6 is 12.2 Å². The monoisotopic (exact) mass is 515 g/mol. The highest BCUT2D eigenvalue weighted by Gasteiger charge is 2.34. The molecule has 37 heavy (non-hydrogen) atoms. The third-order valence-corrected chi connectivity index (χ3v) is 6.85. The Morgan fingerprint density at radius 1 is 1.03 bits per heavy atom. The van der Waals surface area contributed by atoms with Crippen LogP contribution in [0.5, 0.6) is 0 Å². The van der Waals surface area contributed by atoms with Crippen molar-refractivity contribution in [2.75, 3.05) is 12.0 Å². The Kier molecular flexibility index (Phi) is 7.14. The van der Waals surface area contributed by atoms with E-state index in [-0.39, 0.29) is 10.7 Å². The minimum Gasteiger partial charge on any atom is -0.465 e. The van der Waals surface area contributed by atoms with Crippen molar-refractivity contribution in [3.63, 3.8) is 0 Å². The molecule has 0 aliphatic carbocycles. The molecule has 1 saturated heterocycles. The second-order valence-corrected chi connectivity index (χ2v) is 9.75. The van der Waals surface area contributed by atoms with E-state index < -0.39 is 17.8 Å². The van der Waals surface area contributed by atoms with Crippen LogP contribution in [-0.2, 0) is 14.3 Å². The summed E-state index contributed by atoms with van der Waals surface area (Å²) in [5.41, 5.74) is 6.33. The lowest BCUT2D eigenvalue weighted by atomic mass is 10.0. The third kappa shape index (κ3) is 4.84. The van der Waals surface area contributed by atoms with E-state index in [1.807, 2.05) is 61.7 Å². The lowest BCUT2D eigenvalue weighted by Gasteiger charge is -2.29. The van der Waals surface area contributed by atoms with Gasteiger partial charge in [-0.2, -0.15) is 0 Å². The lowest BCUT2D eigenvalue weighted by molar-refractivity contribution is -0.122. The Morgan fingerprint density at radius 3 is 2.32 bits per heavy atom. The number of aromatic nitrogens is 1. The zero-order valence-corrected chi connectivity index (χ0v) is 22.5. The molecular weight excluding hydrogens is 486 g/mol. The van der Waals surface area contributed by atoms with Crippen molar-refractivity contribution in [1.82, 2.24) is 9.88 Å². The number of hydrogen-bond acceptors (Lipinski definition) is 5. The van der Waals surface area contributed by atoms with Gasteiger partial charge in [0, 0.05) is 17.1 Å². The highest BCUT2D eigenvalue weighted by molar-refractivity contribution is 7.80. The average molecular weight is 516 g/mol. The molecular formula is C29H29N3O4S. The Morgan fingerprint density at radius 2 is 1.70 bits per heavy atom. The molecule has 0 saturated carbocycles. The predicted octanol–water partition coefficient (Wildman–Crippen LogP) is 5.14. The second kappa shape index (κ2) is 10.1. The van der Waals surface area contributed by atoms with Gasteiger partial charge in [0.05, 0.1) is 18.4 Å². The normalized spacial score (nSPS) is 14.9. The number of benzene rings is 2. The summed E-state index contributed by atoms with van der Waals surface area (Å²) in [5, 5.41) is 2.69. The molecule has 2 amide bonds. The largest absolute Gasteiger partial charge is 0.465 e. The number of esters is 1. The molecule has 4 rings (SSSR count). The highest BCUT2D eigenvalue weighted by Crippen LogP contribution is 2.28. The van der Waals surface area contributed by atoms with Crippen LogP contribution in [0.25, 0.3) is 11.8 Å². The Hall–Kier alpha value is -4.04. The van der Waals surface area contributed by atoms with Crippen LogP contribution in [0.15, 0.2) is 54.1 Å². The van der Waals surface area contributed by atoms with Crippen LogP contribution in [0.1, 0.15) is 58.2 Å². The van der Waals surface area contributed by atoms with Gasteiger partial charge < -0.3 is 9.30 Å². The summed E-state index contributed by atoms with van der Waals surface area (Å²) in [5.74, 6) is -1.10. The molecule has 1 fully saturated rings. The number of nitrogens with zero attached hydrogens (tertiary/aromatic N) is 2. The van der Waals surface area contributed by atoms with Crippen LogP contribution in [0.2, 0.25) is 0 Å². The van der Waals surface area contributed by atoms with Crippen LogP contribution in [0, 0.1) is 20.8 Å². The fraction of sp³-hybridized carbons (Fsp3) is 0.241. The minimum absolute atomic E-state index is 0.0122. The van der Waals surface area contributed by atoms with E-state index in [2.05, 4.69) is 19.2 Å². The van der Waals surface area contributed by atoms with Crippen molar-refractivity contribution in [3.8, 4) is 5.69 Å². The van der Waals surface area contributed by atoms with Crippen LogP contribution in [0.4, 0.5) is 5.69 Å². The summed E-state index contributed by atoms with van der Waals surface area (Å²) in [6.45, 7) is 9.98. The van der Waals surface area contributed by atoms with E-state index in [1.165, 1.54) is 12.0 Å². The van der Waals surface area contributed by atoms with E-state index in [0.717, 1.165) is 28.2 Å². The van der Waals surface area contributed by atoms with Gasteiger partial charge in [0.15, 0.2) is 5.11 Å². The molecule has 1 aliphatic heterocycles. The van der Waals surface area contributed by atoms with Gasteiger partial charge in [0.1, 0.15) is 5.57 Å². The number of aryl methyl sites for hydroxylation is 2. The molecule has 7 nitrogen and oxygen atoms in total. The van der Waals surface area contributed by atoms with E-state index in [4.69, 9.17) is 17.0 Å². The van der Waals surface area contributed by atoms with Crippen LogP contribution < -0.4 is 10.2 Å². The lowest BCUT2D eigenvalue weighted by Crippen LogP contribution is -2.54. The smallest absolute Gasteiger partial charge is 0.337 e. The topological polar surface area (TPSA) is 80.6 Å². The number of methoxy groups -OCH3 is 1. The Labute approximate surface area is 221 Å². The molecule has 0 bridgehead atoms. The maximum atomic E-state index is 13.5. The van der Waals surface area contributed by atoms with Gasteiger partial charge in [-0.15, -0.1) is 0 Å². The number of thiocarbonyl (C=S) groups is 1. The standard InChI is InChI=1S/C29H29N3O4S/c1-16(2)20-9-11-23(12-10-20)32-27(34)24(26(33)30-29(32)37)14-22-13-18(4)31(19(22)5)25-15-21(28(35)36-6)8-7-17(25)3/h7-16H,1-6H3,(H,30,33,37)/b24-14+. The van der Waals surface area contributed by atoms with Gasteiger partial charge >= 0.3 is 5.97 Å². The van der Waals surface area contributed by atoms with Gasteiger partial charge in [0.25, 0.3) is 11.8 Å². The van der Waals surface area contributed by atoms with Crippen molar-refractivity contribution < 1.29 is 19.1 Å². The number of amides is 2. The molecule has 0 unspecified atom stereocenters. The molecule has 3 aromatic rings. The Balaban J connectivity index is 1.75. The first-order valence-corrected chi connectivity index (χ1v) is 12.3. The fourth-order valence-corrected chi connectivity index (χ4v) is 4.74. The summed E-state index contributed by atoms with van der Waals surface area (Å²) in [4.78, 5) is 39.8. The average Bonchev–Trinajstić information content (AvgIpc) is 3.14. The number of carbonyl (C=O) groups is 3. The van der Waals surface area contributed by atoms with Crippen molar-refractivity contribution in [3.05, 3.63) is 87.7 Å². The molecule has 1 aromatic heterocycles. The van der Waals surface area contributed by atoms with E-state index in [1.54, 1.807) is 18.2 Å². The molecule has 0 atom stereocenters. The first kappa shape index (κ1) is 26.0. The summed E-state index contributed by atoms with van der Waals surface area (Å²) in [6.07, 6.45) is 1.59. The van der Waals surface area contributed by atoms with Gasteiger partial charge in [-0.3, -0.25) is 19.8 Å². The molecule has 2 heterocycles. The van der Waals surface area contributed by atoms with E-state index in [9.17, 15) is 14.4 Å². The van der Waals surface area contributed by atoms with Crippen molar-refractivity contribution >= 4 is 46.9 Å². The summed E-state index contributed by atoms with van der Waals surface area (Å²) < 4.78 is 6.87. The molecule has 1 aliphatic rings. The Bertz CT molecular complexity index is 1470. The highest BCUT2D eigenvalue weighted by atomic mass is 32.1. The number of nitrogens with one attached hydrogen (secondary N) is 1. The minimum atomic E-state index is -0.543. The first-order chi connectivity index (χ1) is 17.5. The predicted molar refractivity (Wildman–Crippen MR) is 148 cm³/mol. The molecule has 0 spiro atoms. The number of hydrogen-bond donors (Lipinski definition) is 1. The molecule has 8 heteroatoms. The first-order valence-electron chi connectivity index (χ1n) is 11.9. The fourth-order valence-electron chi connectivity index (χ4n) is 4.46. The van der Waals surface area contributed by atoms with Gasteiger partial charge in [-0.1, -0.05) is 32.0 Å². The molecule has 1 N–H and O–H groups in total. The van der Waals surface area contributed by atoms with E-state index >= 15 is 0 Å². The van der Waals surface area contributed by atoms with Gasteiger partial charge in [0.2, 0.25) is 0 Å². The maximum Gasteiger partial charge on any atom is 0.337 e. The van der Waals surface area contributed by atoms with Crippen molar-refractivity contribution in [2.45, 2.75) is 40.5 Å². The van der Waals surface area contributed by atoms with Crippen molar-refractivity contribution in [2.24, 2.45) is 0 Å². The van der Waals surface area contributed by atoms with Crippen LogP contribution in [-0.4, -0.2) is 34.6 Å². The zero-order valence-electron chi connectivity index (χ0n) is 21.7. The quantitative estimate of drug-likeness (QED) is 0.220. The third-order valence-electron chi connectivity index (χ3n) is 6.56. The summed E-state index contributed by atoms with van der Waals surface area (Å²) in [7, 11) is 1.35. The number of rotatable bonds is 5. The van der Waals surface area contributed by atoms with Gasteiger partial charge in [-0.25, -0.2) is 4.79 Å². The summed E-state index contributed by atoms with van der Waals surface area (Å²) in [6, 6.07) is 14.8. The summed E-state index contributed by atoms with van der Waals surface area (Å²) >= 11 is 5.34. The SMILES string of the molecule is COC(=O)c1ccc(C)c(-n2c(C)cc(/C=C3\C(=O)NC(=S)N(c4ccc(C(C)C)cc4)C3=O)c2C)c1. The molecule has 0 radical (unpaired) electrons.